The van der Waals surface area contributed by atoms with E-state index in [1.54, 1.807) is 35.0 Å². The molecule has 2 atom stereocenters. The van der Waals surface area contributed by atoms with Crippen LogP contribution in [0, 0.1) is 18.3 Å². The number of nitriles is 1. The van der Waals surface area contributed by atoms with Gasteiger partial charge < -0.3 is 11.1 Å². The number of anilines is 1. The molecule has 1 aliphatic rings. The van der Waals surface area contributed by atoms with Gasteiger partial charge in [-0.1, -0.05) is 29.8 Å². The van der Waals surface area contributed by atoms with Gasteiger partial charge in [0, 0.05) is 11.1 Å². The van der Waals surface area contributed by atoms with Crippen LogP contribution in [0.1, 0.15) is 49.9 Å². The standard InChI is InChI=1S/C22H19N5O2/c1-13-5-7-15(8-6-13)22(29)26-18-10-19(18)27-21(24)17(12-25-27)20(28)16-4-2-3-14(9-16)11-23/h2-9,12,18-19H,10,24H2,1H3,(H,26,29). The molecule has 1 aromatic heterocycles. The molecule has 29 heavy (non-hydrogen) atoms. The Morgan fingerprint density at radius 2 is 1.97 bits per heavy atom. The summed E-state index contributed by atoms with van der Waals surface area (Å²) in [4.78, 5) is 25.1. The highest BCUT2D eigenvalue weighted by molar-refractivity contribution is 6.11. The lowest BCUT2D eigenvalue weighted by Crippen LogP contribution is -2.27. The number of benzene rings is 2. The molecule has 144 valence electrons. The Labute approximate surface area is 167 Å². The molecule has 0 saturated heterocycles. The minimum Gasteiger partial charge on any atom is -0.383 e. The van der Waals surface area contributed by atoms with Crippen molar-refractivity contribution >= 4 is 17.5 Å². The second-order valence-corrected chi connectivity index (χ2v) is 7.16. The molecule has 0 spiro atoms. The van der Waals surface area contributed by atoms with Gasteiger partial charge in [0.05, 0.1) is 35.5 Å². The third-order valence-corrected chi connectivity index (χ3v) is 5.03. The van der Waals surface area contributed by atoms with Gasteiger partial charge in [-0.2, -0.15) is 10.4 Å². The van der Waals surface area contributed by atoms with Crippen LogP contribution in [0.25, 0.3) is 0 Å². The monoisotopic (exact) mass is 385 g/mol. The molecule has 2 aromatic carbocycles. The van der Waals surface area contributed by atoms with Crippen LogP contribution in [0.5, 0.6) is 0 Å². The third kappa shape index (κ3) is 3.60. The van der Waals surface area contributed by atoms with Crippen LogP contribution in [-0.4, -0.2) is 27.5 Å². The molecule has 0 bridgehead atoms. The maximum Gasteiger partial charge on any atom is 0.251 e. The SMILES string of the molecule is Cc1ccc(C(=O)NC2CC2n2ncc(C(=O)c3cccc(C#N)c3)c2N)cc1. The Bertz CT molecular complexity index is 1140. The fourth-order valence-corrected chi connectivity index (χ4v) is 3.26. The molecule has 3 aromatic rings. The molecule has 0 aliphatic heterocycles. The first-order valence-corrected chi connectivity index (χ1v) is 9.23. The highest BCUT2D eigenvalue weighted by Gasteiger charge is 2.42. The number of aromatic nitrogens is 2. The lowest BCUT2D eigenvalue weighted by atomic mass is 10.0. The molecule has 1 amide bonds. The Morgan fingerprint density at radius 1 is 1.21 bits per heavy atom. The molecule has 7 nitrogen and oxygen atoms in total. The molecule has 7 heteroatoms. The third-order valence-electron chi connectivity index (χ3n) is 5.03. The molecule has 1 saturated carbocycles. The number of aryl methyl sites for hydroxylation is 1. The summed E-state index contributed by atoms with van der Waals surface area (Å²) in [5.74, 6) is -0.172. The summed E-state index contributed by atoms with van der Waals surface area (Å²) in [6.45, 7) is 1.97. The van der Waals surface area contributed by atoms with Crippen LogP contribution in [-0.2, 0) is 0 Å². The lowest BCUT2D eigenvalue weighted by Gasteiger charge is -2.07. The summed E-state index contributed by atoms with van der Waals surface area (Å²) in [6.07, 6.45) is 2.13. The van der Waals surface area contributed by atoms with Gasteiger partial charge in [-0.15, -0.1) is 0 Å². The lowest BCUT2D eigenvalue weighted by molar-refractivity contribution is 0.0948. The van der Waals surface area contributed by atoms with E-state index in [2.05, 4.69) is 10.4 Å². The number of nitrogens with one attached hydrogen (secondary N) is 1. The summed E-state index contributed by atoms with van der Waals surface area (Å²) >= 11 is 0. The zero-order valence-corrected chi connectivity index (χ0v) is 15.8. The van der Waals surface area contributed by atoms with Crippen molar-refractivity contribution in [2.45, 2.75) is 25.4 Å². The first-order valence-electron chi connectivity index (χ1n) is 9.23. The summed E-state index contributed by atoms with van der Waals surface area (Å²) < 4.78 is 1.58. The van der Waals surface area contributed by atoms with Crippen molar-refractivity contribution in [2.75, 3.05) is 5.73 Å². The Balaban J connectivity index is 1.47. The van der Waals surface area contributed by atoms with Gasteiger partial charge in [0.2, 0.25) is 0 Å². The molecule has 1 aliphatic carbocycles. The summed E-state index contributed by atoms with van der Waals surface area (Å²) in [7, 11) is 0. The smallest absolute Gasteiger partial charge is 0.251 e. The average Bonchev–Trinajstić information content (AvgIpc) is 3.38. The predicted molar refractivity (Wildman–Crippen MR) is 107 cm³/mol. The molecule has 0 radical (unpaired) electrons. The van der Waals surface area contributed by atoms with Crippen LogP contribution in [0.2, 0.25) is 0 Å². The Hall–Kier alpha value is -3.92. The van der Waals surface area contributed by atoms with E-state index in [9.17, 15) is 9.59 Å². The van der Waals surface area contributed by atoms with Crippen molar-refractivity contribution in [2.24, 2.45) is 0 Å². The van der Waals surface area contributed by atoms with Gasteiger partial charge in [-0.05, 0) is 37.6 Å². The van der Waals surface area contributed by atoms with Crippen LogP contribution < -0.4 is 11.1 Å². The quantitative estimate of drug-likeness (QED) is 0.655. The van der Waals surface area contributed by atoms with Gasteiger partial charge in [-0.25, -0.2) is 4.68 Å². The highest BCUT2D eigenvalue weighted by Crippen LogP contribution is 2.38. The van der Waals surface area contributed by atoms with E-state index in [-0.39, 0.29) is 35.2 Å². The van der Waals surface area contributed by atoms with Crippen LogP contribution in [0.4, 0.5) is 5.82 Å². The fourth-order valence-electron chi connectivity index (χ4n) is 3.26. The van der Waals surface area contributed by atoms with E-state index in [1.165, 1.54) is 12.3 Å². The van der Waals surface area contributed by atoms with Gasteiger partial charge in [0.15, 0.2) is 5.78 Å². The molecule has 4 rings (SSSR count). The molecular formula is C22H19N5O2. The van der Waals surface area contributed by atoms with E-state index in [1.807, 2.05) is 25.1 Å². The first-order chi connectivity index (χ1) is 14.0. The fraction of sp³-hybridized carbons (Fsp3) is 0.182. The van der Waals surface area contributed by atoms with E-state index >= 15 is 0 Å². The number of carbonyl (C=O) groups excluding carboxylic acids is 2. The van der Waals surface area contributed by atoms with E-state index < -0.39 is 0 Å². The second-order valence-electron chi connectivity index (χ2n) is 7.16. The van der Waals surface area contributed by atoms with Gasteiger partial charge in [0.1, 0.15) is 5.82 Å². The number of nitrogen functional groups attached to an aromatic ring is 1. The summed E-state index contributed by atoms with van der Waals surface area (Å²) in [5.41, 5.74) is 8.94. The normalized spacial score (nSPS) is 17.4. The van der Waals surface area contributed by atoms with Crippen molar-refractivity contribution in [3.63, 3.8) is 0 Å². The van der Waals surface area contributed by atoms with Gasteiger partial charge in [-0.3, -0.25) is 9.59 Å². The Morgan fingerprint density at radius 3 is 2.69 bits per heavy atom. The topological polar surface area (TPSA) is 114 Å². The summed E-state index contributed by atoms with van der Waals surface area (Å²) in [6, 6.07) is 15.7. The van der Waals surface area contributed by atoms with E-state index in [4.69, 9.17) is 11.0 Å². The number of rotatable bonds is 5. The van der Waals surface area contributed by atoms with Crippen molar-refractivity contribution in [1.29, 1.82) is 5.26 Å². The van der Waals surface area contributed by atoms with E-state index in [0.29, 0.717) is 23.1 Å². The second kappa shape index (κ2) is 7.24. The minimum atomic E-state index is -0.285. The number of carbonyl (C=O) groups is 2. The molecular weight excluding hydrogens is 366 g/mol. The number of ketones is 1. The minimum absolute atomic E-state index is 0.0867. The number of nitrogens with zero attached hydrogens (tertiary/aromatic N) is 3. The molecule has 1 fully saturated rings. The number of hydrogen-bond donors (Lipinski definition) is 2. The first kappa shape index (κ1) is 18.4. The zero-order chi connectivity index (χ0) is 20.5. The van der Waals surface area contributed by atoms with Crippen molar-refractivity contribution in [1.82, 2.24) is 15.1 Å². The molecule has 2 unspecified atom stereocenters. The van der Waals surface area contributed by atoms with Crippen molar-refractivity contribution < 1.29 is 9.59 Å². The predicted octanol–water partition coefficient (Wildman–Crippen LogP) is 2.62. The van der Waals surface area contributed by atoms with Crippen LogP contribution in [0.3, 0.4) is 0 Å². The van der Waals surface area contributed by atoms with Gasteiger partial charge >= 0.3 is 0 Å². The van der Waals surface area contributed by atoms with Crippen LogP contribution in [0.15, 0.2) is 54.7 Å². The molecule has 1 heterocycles. The van der Waals surface area contributed by atoms with Crippen LogP contribution >= 0.6 is 0 Å². The van der Waals surface area contributed by atoms with Gasteiger partial charge in [0.25, 0.3) is 5.91 Å². The van der Waals surface area contributed by atoms with E-state index in [0.717, 1.165) is 5.56 Å². The largest absolute Gasteiger partial charge is 0.383 e. The maximum atomic E-state index is 12.8. The molecule has 3 N–H and O–H groups in total. The van der Waals surface area contributed by atoms with Crippen molar-refractivity contribution in [3.8, 4) is 6.07 Å². The zero-order valence-electron chi connectivity index (χ0n) is 15.8. The maximum absolute atomic E-state index is 12.8. The summed E-state index contributed by atoms with van der Waals surface area (Å²) in [5, 5.41) is 16.3. The number of amides is 1. The highest BCUT2D eigenvalue weighted by atomic mass is 16.1. The number of hydrogen-bond acceptors (Lipinski definition) is 5. The Kier molecular flexibility index (Phi) is 4.61. The average molecular weight is 385 g/mol. The number of nitrogens with two attached hydrogens (primary N) is 1. The van der Waals surface area contributed by atoms with Crippen molar-refractivity contribution in [3.05, 3.63) is 82.5 Å².